The largest absolute Gasteiger partial charge is 0.349 e. The highest BCUT2D eigenvalue weighted by atomic mass is 32.2. The van der Waals surface area contributed by atoms with Crippen molar-refractivity contribution in [2.45, 2.75) is 48.2 Å². The molecule has 3 rings (SSSR count). The average Bonchev–Trinajstić information content (AvgIpc) is 2.74. The third kappa shape index (κ3) is 5.62. The molecule has 8 nitrogen and oxygen atoms in total. The highest BCUT2D eigenvalue weighted by Crippen LogP contribution is 2.34. The molecule has 1 heterocycles. The number of amides is 1. The summed E-state index contributed by atoms with van der Waals surface area (Å²) in [6.07, 6.45) is 9.59. The van der Waals surface area contributed by atoms with Crippen molar-refractivity contribution in [3.8, 4) is 6.07 Å². The summed E-state index contributed by atoms with van der Waals surface area (Å²) in [5, 5.41) is 24.2. The number of carbonyl (C=O) groups excluding carboxylic acids is 1. The van der Waals surface area contributed by atoms with Crippen molar-refractivity contribution in [2.75, 3.05) is 0 Å². The first-order valence-corrected chi connectivity index (χ1v) is 10.0. The van der Waals surface area contributed by atoms with Crippen molar-refractivity contribution in [2.24, 2.45) is 0 Å². The Labute approximate surface area is 172 Å². The fourth-order valence-corrected chi connectivity index (χ4v) is 3.91. The van der Waals surface area contributed by atoms with Crippen LogP contribution in [0.5, 0.6) is 0 Å². The highest BCUT2D eigenvalue weighted by Gasteiger charge is 2.20. The summed E-state index contributed by atoms with van der Waals surface area (Å²) >= 11 is 1.08. The van der Waals surface area contributed by atoms with Crippen molar-refractivity contribution < 1.29 is 9.72 Å². The summed E-state index contributed by atoms with van der Waals surface area (Å²) in [5.74, 6) is -0.446. The second-order valence-electron chi connectivity index (χ2n) is 6.60. The maximum atomic E-state index is 12.4. The van der Waals surface area contributed by atoms with Crippen molar-refractivity contribution in [1.29, 1.82) is 5.26 Å². The van der Waals surface area contributed by atoms with Gasteiger partial charge in [0, 0.05) is 24.5 Å². The van der Waals surface area contributed by atoms with E-state index in [1.54, 1.807) is 30.6 Å². The number of hydrogen-bond donors (Lipinski definition) is 1. The predicted octanol–water partition coefficient (Wildman–Crippen LogP) is 3.89. The third-order valence-electron chi connectivity index (χ3n) is 4.54. The van der Waals surface area contributed by atoms with Gasteiger partial charge in [0.15, 0.2) is 5.16 Å². The molecule has 29 heavy (non-hydrogen) atoms. The van der Waals surface area contributed by atoms with Crippen molar-refractivity contribution in [3.05, 3.63) is 57.9 Å². The maximum absolute atomic E-state index is 12.4. The van der Waals surface area contributed by atoms with E-state index < -0.39 is 10.8 Å². The molecule has 0 radical (unpaired) electrons. The van der Waals surface area contributed by atoms with E-state index in [4.69, 9.17) is 0 Å². The number of nitrogens with one attached hydrogen (secondary N) is 1. The number of nitro groups is 1. The number of benzene rings is 1. The van der Waals surface area contributed by atoms with Crippen LogP contribution in [0.3, 0.4) is 0 Å². The van der Waals surface area contributed by atoms with Gasteiger partial charge in [-0.3, -0.25) is 14.9 Å². The molecular formula is C20H19N5O3S. The fraction of sp³-hybridized carbons (Fsp3) is 0.300. The third-order valence-corrected chi connectivity index (χ3v) is 5.50. The molecule has 1 saturated carbocycles. The topological polar surface area (TPSA) is 122 Å². The molecule has 0 spiro atoms. The summed E-state index contributed by atoms with van der Waals surface area (Å²) in [7, 11) is 0. The Balaban J connectivity index is 1.81. The molecule has 1 fully saturated rings. The molecule has 148 valence electrons. The molecule has 1 aromatic carbocycles. The number of nitrogens with zero attached hydrogens (tertiary/aromatic N) is 4. The van der Waals surface area contributed by atoms with Crippen LogP contribution in [0.25, 0.3) is 6.08 Å². The number of nitriles is 1. The van der Waals surface area contributed by atoms with E-state index >= 15 is 0 Å². The van der Waals surface area contributed by atoms with Crippen LogP contribution >= 0.6 is 11.8 Å². The van der Waals surface area contributed by atoms with E-state index in [9.17, 15) is 20.2 Å². The van der Waals surface area contributed by atoms with E-state index in [2.05, 4.69) is 15.3 Å². The van der Waals surface area contributed by atoms with Gasteiger partial charge in [-0.25, -0.2) is 9.97 Å². The lowest BCUT2D eigenvalue weighted by Crippen LogP contribution is -2.36. The van der Waals surface area contributed by atoms with Gasteiger partial charge in [0.25, 0.3) is 11.6 Å². The SMILES string of the molecule is N#C/C(=C/c1ccc(Sc2ncccn2)c([N+](=O)[O-])c1)C(=O)NC1CCCCC1. The highest BCUT2D eigenvalue weighted by molar-refractivity contribution is 7.99. The van der Waals surface area contributed by atoms with E-state index in [1.165, 1.54) is 12.1 Å². The number of hydrogen-bond acceptors (Lipinski definition) is 7. The van der Waals surface area contributed by atoms with Crippen LogP contribution in [0, 0.1) is 21.4 Å². The van der Waals surface area contributed by atoms with Crippen LogP contribution in [0.1, 0.15) is 37.7 Å². The van der Waals surface area contributed by atoms with Gasteiger partial charge in [0.2, 0.25) is 0 Å². The number of carbonyl (C=O) groups is 1. The van der Waals surface area contributed by atoms with Gasteiger partial charge in [-0.1, -0.05) is 25.3 Å². The van der Waals surface area contributed by atoms with Gasteiger partial charge < -0.3 is 5.32 Å². The predicted molar refractivity (Wildman–Crippen MR) is 108 cm³/mol. The minimum absolute atomic E-state index is 0.0725. The van der Waals surface area contributed by atoms with E-state index in [1.807, 2.05) is 6.07 Å². The molecular weight excluding hydrogens is 390 g/mol. The van der Waals surface area contributed by atoms with Gasteiger partial charge in [-0.05, 0) is 48.4 Å². The molecule has 1 aliphatic rings. The monoisotopic (exact) mass is 409 g/mol. The molecule has 0 atom stereocenters. The molecule has 0 aliphatic heterocycles. The average molecular weight is 409 g/mol. The van der Waals surface area contributed by atoms with Crippen molar-refractivity contribution in [1.82, 2.24) is 15.3 Å². The Morgan fingerprint density at radius 2 is 2.00 bits per heavy atom. The smallest absolute Gasteiger partial charge is 0.283 e. The Hall–Kier alpha value is -3.25. The molecule has 1 N–H and O–H groups in total. The fourth-order valence-electron chi connectivity index (χ4n) is 3.11. The quantitative estimate of drug-likeness (QED) is 0.252. The standard InChI is InChI=1S/C20H19N5O3S/c21-13-15(19(26)24-16-5-2-1-3-6-16)11-14-7-8-18(17(12-14)25(27)28)29-20-22-9-4-10-23-20/h4,7-12,16H,1-3,5-6H2,(H,24,26)/b15-11-. The first-order chi connectivity index (χ1) is 14.1. The first-order valence-electron chi connectivity index (χ1n) is 9.23. The Morgan fingerprint density at radius 1 is 1.28 bits per heavy atom. The molecule has 1 aromatic heterocycles. The zero-order valence-corrected chi connectivity index (χ0v) is 16.4. The van der Waals surface area contributed by atoms with Gasteiger partial charge in [0.05, 0.1) is 9.82 Å². The molecule has 0 saturated heterocycles. The number of rotatable bonds is 6. The molecule has 0 unspecified atom stereocenters. The summed E-state index contributed by atoms with van der Waals surface area (Å²) in [4.78, 5) is 31.9. The van der Waals surface area contributed by atoms with Gasteiger partial charge in [-0.2, -0.15) is 5.26 Å². The van der Waals surface area contributed by atoms with Gasteiger partial charge in [-0.15, -0.1) is 0 Å². The van der Waals surface area contributed by atoms with E-state index in [-0.39, 0.29) is 17.3 Å². The number of nitro benzene ring substituents is 1. The van der Waals surface area contributed by atoms with E-state index in [0.717, 1.165) is 43.9 Å². The molecule has 0 bridgehead atoms. The Bertz CT molecular complexity index is 966. The normalized spacial score (nSPS) is 14.8. The lowest BCUT2D eigenvalue weighted by Gasteiger charge is -2.22. The zero-order valence-electron chi connectivity index (χ0n) is 15.6. The van der Waals surface area contributed by atoms with Gasteiger partial charge >= 0.3 is 0 Å². The second kappa shape index (κ2) is 9.80. The Morgan fingerprint density at radius 3 is 2.66 bits per heavy atom. The second-order valence-corrected chi connectivity index (χ2v) is 7.61. The lowest BCUT2D eigenvalue weighted by molar-refractivity contribution is -0.387. The minimum atomic E-state index is -0.503. The van der Waals surface area contributed by atoms with Crippen LogP contribution in [-0.2, 0) is 4.79 Å². The minimum Gasteiger partial charge on any atom is -0.349 e. The summed E-state index contributed by atoms with van der Waals surface area (Å²) in [6, 6.07) is 8.17. The maximum Gasteiger partial charge on any atom is 0.283 e. The van der Waals surface area contributed by atoms with Crippen LogP contribution in [-0.4, -0.2) is 26.8 Å². The summed E-state index contributed by atoms with van der Waals surface area (Å²) < 4.78 is 0. The Kier molecular flexibility index (Phi) is 6.92. The van der Waals surface area contributed by atoms with Crippen LogP contribution in [0.2, 0.25) is 0 Å². The van der Waals surface area contributed by atoms with Crippen molar-refractivity contribution >= 4 is 29.4 Å². The molecule has 1 amide bonds. The van der Waals surface area contributed by atoms with Crippen LogP contribution in [0.15, 0.2) is 52.3 Å². The first kappa shape index (κ1) is 20.5. The molecule has 9 heteroatoms. The van der Waals surface area contributed by atoms with Crippen LogP contribution in [0.4, 0.5) is 5.69 Å². The lowest BCUT2D eigenvalue weighted by atomic mass is 9.95. The summed E-state index contributed by atoms with van der Waals surface area (Å²) in [5.41, 5.74) is 0.197. The van der Waals surface area contributed by atoms with E-state index in [0.29, 0.717) is 15.6 Å². The summed E-state index contributed by atoms with van der Waals surface area (Å²) in [6.45, 7) is 0. The van der Waals surface area contributed by atoms with Crippen LogP contribution < -0.4 is 5.32 Å². The number of aromatic nitrogens is 2. The molecule has 2 aromatic rings. The molecule has 1 aliphatic carbocycles. The van der Waals surface area contributed by atoms with Gasteiger partial charge in [0.1, 0.15) is 11.6 Å². The zero-order chi connectivity index (χ0) is 20.6. The van der Waals surface area contributed by atoms with Crippen molar-refractivity contribution in [3.63, 3.8) is 0 Å².